The normalized spacial score (nSPS) is 9.81. The second-order valence-electron chi connectivity index (χ2n) is 3.53. The van der Waals surface area contributed by atoms with Crippen molar-refractivity contribution in [3.63, 3.8) is 0 Å². The van der Waals surface area contributed by atoms with Gasteiger partial charge in [0.15, 0.2) is 0 Å². The highest BCUT2D eigenvalue weighted by atomic mass is 79.9. The summed E-state index contributed by atoms with van der Waals surface area (Å²) in [5.41, 5.74) is 0.632. The Hall–Kier alpha value is -1.28. The number of nitrogens with zero attached hydrogens (tertiary/aromatic N) is 2. The van der Waals surface area contributed by atoms with E-state index in [1.807, 2.05) is 13.2 Å². The lowest BCUT2D eigenvalue weighted by atomic mass is 10.2. The maximum Gasteiger partial charge on any atom is 0.267 e. The maximum absolute atomic E-state index is 11.7. The third kappa shape index (κ3) is 3.70. The van der Waals surface area contributed by atoms with Crippen LogP contribution in [0.15, 0.2) is 16.7 Å². The summed E-state index contributed by atoms with van der Waals surface area (Å²) >= 11 is 3.32. The molecule has 1 amide bonds. The number of carbonyl (C=O) groups excluding carboxylic acids is 1. The maximum atomic E-state index is 11.7. The molecule has 0 saturated heterocycles. The van der Waals surface area contributed by atoms with E-state index in [1.165, 1.54) is 0 Å². The van der Waals surface area contributed by atoms with Gasteiger partial charge in [0.2, 0.25) is 0 Å². The first-order chi connectivity index (χ1) is 7.65. The van der Waals surface area contributed by atoms with E-state index in [2.05, 4.69) is 27.3 Å². The van der Waals surface area contributed by atoms with Gasteiger partial charge in [-0.1, -0.05) is 0 Å². The van der Waals surface area contributed by atoms with Gasteiger partial charge in [0.05, 0.1) is 6.07 Å². The number of hydrogen-bond acceptors (Lipinski definition) is 2. The second kappa shape index (κ2) is 6.33. The summed E-state index contributed by atoms with van der Waals surface area (Å²) in [6.07, 6.45) is 4.05. The van der Waals surface area contributed by atoms with E-state index in [0.29, 0.717) is 18.7 Å². The Morgan fingerprint density at radius 1 is 1.62 bits per heavy atom. The first-order valence-corrected chi connectivity index (χ1v) is 5.91. The van der Waals surface area contributed by atoms with Crippen molar-refractivity contribution in [3.8, 4) is 6.07 Å². The zero-order valence-corrected chi connectivity index (χ0v) is 10.7. The van der Waals surface area contributed by atoms with Crippen LogP contribution in [0.2, 0.25) is 0 Å². The second-order valence-corrected chi connectivity index (χ2v) is 4.44. The Morgan fingerprint density at radius 2 is 2.38 bits per heavy atom. The molecule has 5 heteroatoms. The highest BCUT2D eigenvalue weighted by Gasteiger charge is 2.09. The van der Waals surface area contributed by atoms with Crippen LogP contribution >= 0.6 is 15.9 Å². The summed E-state index contributed by atoms with van der Waals surface area (Å²) in [6.45, 7) is 0.614. The van der Waals surface area contributed by atoms with Crippen molar-refractivity contribution in [3.05, 3.63) is 22.4 Å². The molecule has 0 aromatic carbocycles. The van der Waals surface area contributed by atoms with Crippen LogP contribution < -0.4 is 5.32 Å². The Balaban J connectivity index is 2.36. The van der Waals surface area contributed by atoms with E-state index in [-0.39, 0.29) is 5.91 Å². The quantitative estimate of drug-likeness (QED) is 0.843. The van der Waals surface area contributed by atoms with Gasteiger partial charge in [0.25, 0.3) is 5.91 Å². The summed E-state index contributed by atoms with van der Waals surface area (Å²) in [4.78, 5) is 11.7. The van der Waals surface area contributed by atoms with Crippen molar-refractivity contribution >= 4 is 21.8 Å². The first kappa shape index (κ1) is 12.8. The summed E-state index contributed by atoms with van der Waals surface area (Å²) in [5.74, 6) is -0.0786. The standard InChI is InChI=1S/C11H14BrN3O/c1-15-8-9(12)7-10(15)11(16)14-6-4-2-3-5-13/h7-8H,2-4,6H2,1H3,(H,14,16). The van der Waals surface area contributed by atoms with Gasteiger partial charge in [0, 0.05) is 30.7 Å². The molecule has 1 rings (SSSR count). The predicted octanol–water partition coefficient (Wildman–Crippen LogP) is 2.21. The van der Waals surface area contributed by atoms with Gasteiger partial charge < -0.3 is 9.88 Å². The molecule has 0 aliphatic rings. The monoisotopic (exact) mass is 283 g/mol. The van der Waals surface area contributed by atoms with Crippen LogP contribution in [0.25, 0.3) is 0 Å². The summed E-state index contributed by atoms with van der Waals surface area (Å²) < 4.78 is 2.67. The lowest BCUT2D eigenvalue weighted by Gasteiger charge is -2.04. The van der Waals surface area contributed by atoms with Gasteiger partial charge in [-0.2, -0.15) is 5.26 Å². The molecule has 0 saturated carbocycles. The molecule has 4 nitrogen and oxygen atoms in total. The minimum absolute atomic E-state index is 0.0786. The number of unbranched alkanes of at least 4 members (excludes halogenated alkanes) is 2. The van der Waals surface area contributed by atoms with Crippen LogP contribution in [-0.4, -0.2) is 17.0 Å². The Morgan fingerprint density at radius 3 is 2.94 bits per heavy atom. The average molecular weight is 284 g/mol. The Bertz CT molecular complexity index is 406. The van der Waals surface area contributed by atoms with Gasteiger partial charge >= 0.3 is 0 Å². The number of hydrogen-bond donors (Lipinski definition) is 1. The van der Waals surface area contributed by atoms with Crippen LogP contribution in [0, 0.1) is 11.3 Å². The summed E-state index contributed by atoms with van der Waals surface area (Å²) in [5, 5.41) is 11.2. The minimum Gasteiger partial charge on any atom is -0.351 e. The Kier molecular flexibility index (Phi) is 5.06. The molecule has 0 spiro atoms. The number of nitrogens with one attached hydrogen (secondary N) is 1. The minimum atomic E-state index is -0.0786. The molecule has 0 aliphatic heterocycles. The van der Waals surface area contributed by atoms with E-state index in [4.69, 9.17) is 5.26 Å². The number of aromatic nitrogens is 1. The van der Waals surface area contributed by atoms with Gasteiger partial charge in [0.1, 0.15) is 5.69 Å². The third-order valence-electron chi connectivity index (χ3n) is 2.21. The molecular weight excluding hydrogens is 270 g/mol. The molecule has 0 radical (unpaired) electrons. The average Bonchev–Trinajstić information content (AvgIpc) is 2.57. The molecule has 0 bridgehead atoms. The Labute approximate surface area is 103 Å². The van der Waals surface area contributed by atoms with Gasteiger partial charge in [-0.15, -0.1) is 0 Å². The SMILES string of the molecule is Cn1cc(Br)cc1C(=O)NCCCCC#N. The lowest BCUT2D eigenvalue weighted by molar-refractivity contribution is 0.0945. The van der Waals surface area contributed by atoms with Crippen LogP contribution in [0.1, 0.15) is 29.8 Å². The van der Waals surface area contributed by atoms with Crippen molar-refractivity contribution < 1.29 is 4.79 Å². The molecule has 86 valence electrons. The molecule has 1 heterocycles. The van der Waals surface area contributed by atoms with E-state index in [0.717, 1.165) is 17.3 Å². The molecule has 0 atom stereocenters. The van der Waals surface area contributed by atoms with E-state index >= 15 is 0 Å². The molecule has 0 unspecified atom stereocenters. The fourth-order valence-electron chi connectivity index (χ4n) is 1.37. The lowest BCUT2D eigenvalue weighted by Crippen LogP contribution is -2.26. The number of carbonyl (C=O) groups is 1. The van der Waals surface area contributed by atoms with Crippen molar-refractivity contribution in [1.29, 1.82) is 5.26 Å². The highest BCUT2D eigenvalue weighted by Crippen LogP contribution is 2.13. The molecule has 16 heavy (non-hydrogen) atoms. The molecular formula is C11H14BrN3O. The van der Waals surface area contributed by atoms with Crippen molar-refractivity contribution in [2.75, 3.05) is 6.54 Å². The number of amides is 1. The zero-order valence-electron chi connectivity index (χ0n) is 9.16. The highest BCUT2D eigenvalue weighted by molar-refractivity contribution is 9.10. The zero-order chi connectivity index (χ0) is 12.0. The van der Waals surface area contributed by atoms with Crippen LogP contribution in [0.3, 0.4) is 0 Å². The number of nitriles is 1. The molecule has 1 aromatic heterocycles. The first-order valence-electron chi connectivity index (χ1n) is 5.12. The fraction of sp³-hybridized carbons (Fsp3) is 0.455. The van der Waals surface area contributed by atoms with Crippen molar-refractivity contribution in [2.45, 2.75) is 19.3 Å². The number of rotatable bonds is 5. The smallest absolute Gasteiger partial charge is 0.267 e. The largest absolute Gasteiger partial charge is 0.351 e. The predicted molar refractivity (Wildman–Crippen MR) is 64.9 cm³/mol. The molecule has 0 aliphatic carbocycles. The summed E-state index contributed by atoms with van der Waals surface area (Å²) in [6, 6.07) is 3.86. The van der Waals surface area contributed by atoms with E-state index < -0.39 is 0 Å². The van der Waals surface area contributed by atoms with Crippen LogP contribution in [-0.2, 0) is 7.05 Å². The van der Waals surface area contributed by atoms with E-state index in [9.17, 15) is 4.79 Å². The van der Waals surface area contributed by atoms with Crippen molar-refractivity contribution in [1.82, 2.24) is 9.88 Å². The third-order valence-corrected chi connectivity index (χ3v) is 2.64. The fourth-order valence-corrected chi connectivity index (χ4v) is 1.90. The summed E-state index contributed by atoms with van der Waals surface area (Å²) in [7, 11) is 1.83. The topological polar surface area (TPSA) is 57.8 Å². The van der Waals surface area contributed by atoms with Gasteiger partial charge in [-0.3, -0.25) is 4.79 Å². The van der Waals surface area contributed by atoms with Crippen molar-refractivity contribution in [2.24, 2.45) is 7.05 Å². The number of halogens is 1. The van der Waals surface area contributed by atoms with Crippen LogP contribution in [0.4, 0.5) is 0 Å². The van der Waals surface area contributed by atoms with Gasteiger partial charge in [-0.05, 0) is 34.8 Å². The van der Waals surface area contributed by atoms with E-state index in [1.54, 1.807) is 10.6 Å². The van der Waals surface area contributed by atoms with Gasteiger partial charge in [-0.25, -0.2) is 0 Å². The molecule has 1 N–H and O–H groups in total. The van der Waals surface area contributed by atoms with Crippen LogP contribution in [0.5, 0.6) is 0 Å². The molecule has 0 fully saturated rings. The molecule has 1 aromatic rings. The number of aryl methyl sites for hydroxylation is 1.